The molecule has 0 spiro atoms. The van der Waals surface area contributed by atoms with E-state index >= 15 is 0 Å². The van der Waals surface area contributed by atoms with Gasteiger partial charge in [0.05, 0.1) is 0 Å². The average molecular weight is 396 g/mol. The number of carbonyl (C=O) groups excluding carboxylic acids is 2. The molecule has 0 fully saturated rings. The number of anilines is 1. The molecule has 1 aromatic rings. The number of alkyl carbamates (subject to hydrolysis) is 1. The zero-order valence-corrected chi connectivity index (χ0v) is 17.5. The highest BCUT2D eigenvalue weighted by Crippen LogP contribution is 2.15. The molecule has 8 heteroatoms. The second kappa shape index (κ2) is 9.03. The number of amides is 1. The summed E-state index contributed by atoms with van der Waals surface area (Å²) in [6.07, 6.45) is -0.424. The number of ether oxygens (including phenoxy) is 2. The van der Waals surface area contributed by atoms with Gasteiger partial charge in [-0.25, -0.2) is 9.59 Å². The van der Waals surface area contributed by atoms with E-state index in [1.54, 1.807) is 53.7 Å². The Hall–Kier alpha value is -2.35. The van der Waals surface area contributed by atoms with Crippen LogP contribution in [-0.4, -0.2) is 34.4 Å². The van der Waals surface area contributed by atoms with E-state index in [9.17, 15) is 9.59 Å². The van der Waals surface area contributed by atoms with Crippen molar-refractivity contribution in [3.05, 3.63) is 29.8 Å². The fraction of sp³-hybridized carbons (Fsp3) is 0.526. The van der Waals surface area contributed by atoms with Crippen LogP contribution in [0.1, 0.15) is 47.1 Å². The summed E-state index contributed by atoms with van der Waals surface area (Å²) in [5.74, 6) is -0.529. The SMILES string of the molecule is CC(C)(C)OC(=O)N[C@@H](Cc1ccc(NC(N)=S)cc1)C(=O)OC(C)(C)C. The third kappa shape index (κ3) is 9.79. The quantitative estimate of drug-likeness (QED) is 0.520. The number of benzene rings is 1. The molecule has 1 rings (SSSR count). The number of nitrogens with one attached hydrogen (secondary N) is 2. The summed E-state index contributed by atoms with van der Waals surface area (Å²) in [6.45, 7) is 10.6. The number of carbonyl (C=O) groups is 2. The largest absolute Gasteiger partial charge is 0.458 e. The molecule has 0 aromatic heterocycles. The van der Waals surface area contributed by atoms with Crippen LogP contribution in [0.5, 0.6) is 0 Å². The molecular formula is C19H29N3O4S. The number of rotatable bonds is 5. The second-order valence-corrected chi connectivity index (χ2v) is 8.56. The lowest BCUT2D eigenvalue weighted by atomic mass is 10.1. The maximum atomic E-state index is 12.5. The monoisotopic (exact) mass is 395 g/mol. The standard InChI is InChI=1S/C19H29N3O4S/c1-18(2,3)25-15(23)14(22-17(24)26-19(4,5)6)11-12-7-9-13(10-8-12)21-16(20)27/h7-10,14H,11H2,1-6H3,(H,22,24)(H3,20,21,27)/t14-/m0/s1. The summed E-state index contributed by atoms with van der Waals surface area (Å²) in [5.41, 5.74) is 5.67. The van der Waals surface area contributed by atoms with Crippen LogP contribution in [0.2, 0.25) is 0 Å². The van der Waals surface area contributed by atoms with Crippen molar-refractivity contribution in [1.29, 1.82) is 0 Å². The molecule has 1 amide bonds. The number of thiocarbonyl (C=S) groups is 1. The van der Waals surface area contributed by atoms with Crippen LogP contribution in [0.4, 0.5) is 10.5 Å². The predicted octanol–water partition coefficient (Wildman–Crippen LogP) is 3.12. The smallest absolute Gasteiger partial charge is 0.408 e. The van der Waals surface area contributed by atoms with Gasteiger partial charge in [-0.2, -0.15) is 0 Å². The van der Waals surface area contributed by atoms with Gasteiger partial charge < -0.3 is 25.8 Å². The van der Waals surface area contributed by atoms with Crippen molar-refractivity contribution in [3.8, 4) is 0 Å². The lowest BCUT2D eigenvalue weighted by Gasteiger charge is -2.26. The number of nitrogens with two attached hydrogens (primary N) is 1. The van der Waals surface area contributed by atoms with E-state index < -0.39 is 29.3 Å². The molecule has 0 saturated heterocycles. The van der Waals surface area contributed by atoms with Crippen LogP contribution < -0.4 is 16.4 Å². The Morgan fingerprint density at radius 3 is 2.00 bits per heavy atom. The second-order valence-electron chi connectivity index (χ2n) is 8.12. The Balaban J connectivity index is 2.91. The lowest BCUT2D eigenvalue weighted by molar-refractivity contribution is -0.157. The molecule has 0 aliphatic rings. The van der Waals surface area contributed by atoms with Gasteiger partial charge in [0.1, 0.15) is 17.2 Å². The molecule has 0 heterocycles. The van der Waals surface area contributed by atoms with Crippen molar-refractivity contribution in [1.82, 2.24) is 5.32 Å². The van der Waals surface area contributed by atoms with E-state index in [4.69, 9.17) is 27.4 Å². The Morgan fingerprint density at radius 1 is 1.04 bits per heavy atom. The molecule has 4 N–H and O–H groups in total. The Bertz CT molecular complexity index is 676. The van der Waals surface area contributed by atoms with E-state index in [0.29, 0.717) is 0 Å². The fourth-order valence-electron chi connectivity index (χ4n) is 2.12. The molecule has 0 bridgehead atoms. The van der Waals surface area contributed by atoms with Crippen LogP contribution >= 0.6 is 12.2 Å². The van der Waals surface area contributed by atoms with Crippen molar-refractivity contribution in [2.45, 2.75) is 65.2 Å². The Kier molecular flexibility index (Phi) is 7.59. The third-order valence-corrected chi connectivity index (χ3v) is 3.15. The first-order valence-corrected chi connectivity index (χ1v) is 9.04. The molecule has 7 nitrogen and oxygen atoms in total. The van der Waals surface area contributed by atoms with Gasteiger partial charge in [-0.15, -0.1) is 0 Å². The maximum absolute atomic E-state index is 12.5. The van der Waals surface area contributed by atoms with Gasteiger partial charge in [0.2, 0.25) is 0 Å². The van der Waals surface area contributed by atoms with Crippen LogP contribution in [-0.2, 0) is 20.7 Å². The normalized spacial score (nSPS) is 12.7. The van der Waals surface area contributed by atoms with Crippen molar-refractivity contribution in [2.75, 3.05) is 5.32 Å². The minimum absolute atomic E-state index is 0.168. The van der Waals surface area contributed by atoms with E-state index in [0.717, 1.165) is 11.3 Å². The van der Waals surface area contributed by atoms with Crippen LogP contribution in [0, 0.1) is 0 Å². The number of esters is 1. The molecule has 0 aliphatic heterocycles. The molecule has 27 heavy (non-hydrogen) atoms. The first kappa shape index (κ1) is 22.7. The minimum atomic E-state index is -0.881. The molecule has 0 saturated carbocycles. The van der Waals surface area contributed by atoms with Gasteiger partial charge >= 0.3 is 12.1 Å². The maximum Gasteiger partial charge on any atom is 0.408 e. The van der Waals surface area contributed by atoms with Gasteiger partial charge in [0, 0.05) is 12.1 Å². The summed E-state index contributed by atoms with van der Waals surface area (Å²) >= 11 is 4.80. The average Bonchev–Trinajstić information content (AvgIpc) is 2.44. The zero-order valence-electron chi connectivity index (χ0n) is 16.7. The van der Waals surface area contributed by atoms with Gasteiger partial charge in [0.25, 0.3) is 0 Å². The zero-order chi connectivity index (χ0) is 20.8. The van der Waals surface area contributed by atoms with Crippen molar-refractivity contribution in [2.24, 2.45) is 5.73 Å². The van der Waals surface area contributed by atoms with Crippen molar-refractivity contribution < 1.29 is 19.1 Å². The Morgan fingerprint density at radius 2 is 1.56 bits per heavy atom. The van der Waals surface area contributed by atoms with Crippen molar-refractivity contribution in [3.63, 3.8) is 0 Å². The molecule has 0 unspecified atom stereocenters. The highest BCUT2D eigenvalue weighted by atomic mass is 32.1. The summed E-state index contributed by atoms with van der Waals surface area (Å²) < 4.78 is 10.7. The Labute approximate surface area is 166 Å². The van der Waals surface area contributed by atoms with Gasteiger partial charge in [-0.1, -0.05) is 12.1 Å². The fourth-order valence-corrected chi connectivity index (χ4v) is 2.24. The van der Waals surface area contributed by atoms with Crippen LogP contribution in [0.15, 0.2) is 24.3 Å². The molecule has 150 valence electrons. The molecule has 0 aliphatic carbocycles. The minimum Gasteiger partial charge on any atom is -0.458 e. The van der Waals surface area contributed by atoms with Gasteiger partial charge in [-0.3, -0.25) is 0 Å². The summed E-state index contributed by atoms with van der Waals surface area (Å²) in [6, 6.07) is 6.32. The first-order chi connectivity index (χ1) is 12.2. The summed E-state index contributed by atoms with van der Waals surface area (Å²) in [7, 11) is 0. The number of hydrogen-bond acceptors (Lipinski definition) is 5. The lowest BCUT2D eigenvalue weighted by Crippen LogP contribution is -2.47. The topological polar surface area (TPSA) is 103 Å². The summed E-state index contributed by atoms with van der Waals surface area (Å²) in [4.78, 5) is 24.7. The van der Waals surface area contributed by atoms with Crippen molar-refractivity contribution >= 4 is 35.1 Å². The number of hydrogen-bond donors (Lipinski definition) is 3. The third-order valence-electron chi connectivity index (χ3n) is 3.04. The molecule has 0 radical (unpaired) electrons. The van der Waals surface area contributed by atoms with Gasteiger partial charge in [0.15, 0.2) is 5.11 Å². The molecule has 1 aromatic carbocycles. The molecular weight excluding hydrogens is 366 g/mol. The van der Waals surface area contributed by atoms with Crippen LogP contribution in [0.3, 0.4) is 0 Å². The molecule has 1 atom stereocenters. The van der Waals surface area contributed by atoms with E-state index in [1.165, 1.54) is 0 Å². The summed E-state index contributed by atoms with van der Waals surface area (Å²) in [5, 5.41) is 5.59. The highest BCUT2D eigenvalue weighted by molar-refractivity contribution is 7.80. The predicted molar refractivity (Wildman–Crippen MR) is 110 cm³/mol. The van der Waals surface area contributed by atoms with E-state index in [-0.39, 0.29) is 11.5 Å². The van der Waals surface area contributed by atoms with Gasteiger partial charge in [-0.05, 0) is 71.5 Å². The van der Waals surface area contributed by atoms with Crippen LogP contribution in [0.25, 0.3) is 0 Å². The van der Waals surface area contributed by atoms with E-state index in [1.807, 2.05) is 12.1 Å². The first-order valence-electron chi connectivity index (χ1n) is 8.63. The highest BCUT2D eigenvalue weighted by Gasteiger charge is 2.28. The van der Waals surface area contributed by atoms with E-state index in [2.05, 4.69) is 10.6 Å².